The Hall–Kier alpha value is -1.59. The van der Waals surface area contributed by atoms with Gasteiger partial charge in [-0.25, -0.2) is 0 Å². The number of benzene rings is 1. The molecule has 0 saturated heterocycles. The molecular weight excluding hydrogens is 220 g/mol. The molecule has 2 atom stereocenters. The second kappa shape index (κ2) is 6.22. The van der Waals surface area contributed by atoms with Gasteiger partial charge in [-0.1, -0.05) is 12.1 Å². The number of aliphatic carboxylic acids is 1. The number of hydrogen-bond donors (Lipinski definition) is 3. The maximum Gasteiger partial charge on any atom is 0.322 e. The largest absolute Gasteiger partial charge is 0.494 e. The Kier molecular flexibility index (Phi) is 4.93. The molecule has 1 rings (SSSR count). The minimum absolute atomic E-state index is 0.414. The van der Waals surface area contributed by atoms with Crippen LogP contribution in [0.3, 0.4) is 0 Å². The highest BCUT2D eigenvalue weighted by atomic mass is 16.5. The summed E-state index contributed by atoms with van der Waals surface area (Å²) in [5.74, 6) is -0.270. The molecular formula is C12H18N2O3. The molecule has 4 N–H and O–H groups in total. The lowest BCUT2D eigenvalue weighted by Crippen LogP contribution is -2.42. The van der Waals surface area contributed by atoms with Gasteiger partial charge in [0, 0.05) is 0 Å². The number of ether oxygens (including phenoxy) is 1. The fraction of sp³-hybridized carbons (Fsp3) is 0.417. The second-order valence-corrected chi connectivity index (χ2v) is 3.63. The predicted octanol–water partition coefficient (Wildman–Crippen LogP) is 0.758. The molecule has 94 valence electrons. The lowest BCUT2D eigenvalue weighted by Gasteiger charge is -2.20. The molecule has 1 aromatic rings. The summed E-state index contributed by atoms with van der Waals surface area (Å²) in [5, 5.41) is 11.8. The first-order chi connectivity index (χ1) is 8.10. The summed E-state index contributed by atoms with van der Waals surface area (Å²) < 4.78 is 5.31. The van der Waals surface area contributed by atoms with Crippen LogP contribution in [0.1, 0.15) is 18.5 Å². The molecule has 0 spiro atoms. The molecule has 1 aromatic carbocycles. The van der Waals surface area contributed by atoms with Crippen molar-refractivity contribution in [1.29, 1.82) is 0 Å². The molecule has 0 aliphatic rings. The summed E-state index contributed by atoms with van der Waals surface area (Å²) in [5.41, 5.74) is 6.43. The van der Waals surface area contributed by atoms with Crippen LogP contribution in [0, 0.1) is 0 Å². The summed E-state index contributed by atoms with van der Waals surface area (Å²) in [4.78, 5) is 10.9. The Morgan fingerprint density at radius 1 is 1.47 bits per heavy atom. The van der Waals surface area contributed by atoms with Gasteiger partial charge in [-0.05, 0) is 31.7 Å². The molecule has 0 bridgehead atoms. The topological polar surface area (TPSA) is 84.6 Å². The lowest BCUT2D eigenvalue weighted by molar-refractivity contribution is -0.139. The van der Waals surface area contributed by atoms with Crippen LogP contribution in [0.25, 0.3) is 0 Å². The molecule has 0 aliphatic carbocycles. The highest BCUT2D eigenvalue weighted by Crippen LogP contribution is 2.19. The zero-order valence-corrected chi connectivity index (χ0v) is 10.0. The van der Waals surface area contributed by atoms with Crippen molar-refractivity contribution in [2.24, 2.45) is 5.73 Å². The Balaban J connectivity index is 2.85. The number of carbonyl (C=O) groups is 1. The highest BCUT2D eigenvalue weighted by molar-refractivity contribution is 5.74. The van der Waals surface area contributed by atoms with E-state index in [1.54, 1.807) is 19.2 Å². The molecule has 0 radical (unpaired) electrons. The van der Waals surface area contributed by atoms with E-state index in [9.17, 15) is 4.79 Å². The van der Waals surface area contributed by atoms with E-state index in [2.05, 4.69) is 5.32 Å². The molecule has 5 heteroatoms. The minimum Gasteiger partial charge on any atom is -0.494 e. The van der Waals surface area contributed by atoms with Gasteiger partial charge in [-0.15, -0.1) is 0 Å². The third-order valence-electron chi connectivity index (χ3n) is 2.51. The maximum atomic E-state index is 10.9. The van der Waals surface area contributed by atoms with Gasteiger partial charge < -0.3 is 20.9 Å². The first kappa shape index (κ1) is 13.5. The molecule has 17 heavy (non-hydrogen) atoms. The van der Waals surface area contributed by atoms with E-state index in [0.29, 0.717) is 6.61 Å². The van der Waals surface area contributed by atoms with Crippen LogP contribution in [0.15, 0.2) is 24.3 Å². The summed E-state index contributed by atoms with van der Waals surface area (Å²) >= 11 is 0. The summed E-state index contributed by atoms with van der Waals surface area (Å²) in [6.45, 7) is 2.51. The first-order valence-electron chi connectivity index (χ1n) is 5.48. The number of rotatable bonds is 6. The Labute approximate surface area is 101 Å². The third kappa shape index (κ3) is 3.44. The summed E-state index contributed by atoms with van der Waals surface area (Å²) in [7, 11) is 1.68. The van der Waals surface area contributed by atoms with Crippen LogP contribution in [0.4, 0.5) is 0 Å². The SMILES string of the molecule is CCOc1ccc(C(NC)C(N)C(=O)O)cc1. The Morgan fingerprint density at radius 3 is 2.47 bits per heavy atom. The molecule has 0 fully saturated rings. The van der Waals surface area contributed by atoms with Gasteiger partial charge >= 0.3 is 5.97 Å². The van der Waals surface area contributed by atoms with E-state index in [1.807, 2.05) is 19.1 Å². The van der Waals surface area contributed by atoms with Gasteiger partial charge in [-0.2, -0.15) is 0 Å². The maximum absolute atomic E-state index is 10.9. The molecule has 0 aromatic heterocycles. The van der Waals surface area contributed by atoms with Crippen LogP contribution in [0.5, 0.6) is 5.75 Å². The molecule has 5 nitrogen and oxygen atoms in total. The average Bonchev–Trinajstić information content (AvgIpc) is 2.32. The van der Waals surface area contributed by atoms with Crippen molar-refractivity contribution >= 4 is 5.97 Å². The quantitative estimate of drug-likeness (QED) is 0.681. The Bertz CT molecular complexity index is 365. The van der Waals surface area contributed by atoms with Crippen LogP contribution in [-0.4, -0.2) is 30.8 Å². The zero-order valence-electron chi connectivity index (χ0n) is 10.0. The Morgan fingerprint density at radius 2 is 2.06 bits per heavy atom. The third-order valence-corrected chi connectivity index (χ3v) is 2.51. The van der Waals surface area contributed by atoms with Crippen molar-refractivity contribution < 1.29 is 14.6 Å². The standard InChI is InChI=1S/C12H18N2O3/c1-3-17-9-6-4-8(5-7-9)11(14-2)10(13)12(15)16/h4-7,10-11,14H,3,13H2,1-2H3,(H,15,16). The van der Waals surface area contributed by atoms with Crippen molar-refractivity contribution in [2.45, 2.75) is 19.0 Å². The smallest absolute Gasteiger partial charge is 0.322 e. The van der Waals surface area contributed by atoms with Crippen molar-refractivity contribution in [1.82, 2.24) is 5.32 Å². The van der Waals surface area contributed by atoms with Crippen molar-refractivity contribution in [3.05, 3.63) is 29.8 Å². The van der Waals surface area contributed by atoms with E-state index in [0.717, 1.165) is 11.3 Å². The van der Waals surface area contributed by atoms with Gasteiger partial charge in [0.25, 0.3) is 0 Å². The van der Waals surface area contributed by atoms with Crippen LogP contribution < -0.4 is 15.8 Å². The van der Waals surface area contributed by atoms with Gasteiger partial charge in [0.15, 0.2) is 0 Å². The normalized spacial score (nSPS) is 14.1. The van der Waals surface area contributed by atoms with Gasteiger partial charge in [0.1, 0.15) is 11.8 Å². The van der Waals surface area contributed by atoms with Crippen LogP contribution in [0.2, 0.25) is 0 Å². The fourth-order valence-corrected chi connectivity index (χ4v) is 1.63. The van der Waals surface area contributed by atoms with Crippen molar-refractivity contribution in [2.75, 3.05) is 13.7 Å². The summed E-state index contributed by atoms with van der Waals surface area (Å²) in [6.07, 6.45) is 0. The zero-order chi connectivity index (χ0) is 12.8. The summed E-state index contributed by atoms with van der Waals surface area (Å²) in [6, 6.07) is 5.85. The fourth-order valence-electron chi connectivity index (χ4n) is 1.63. The van der Waals surface area contributed by atoms with Gasteiger partial charge in [0.05, 0.1) is 12.6 Å². The van der Waals surface area contributed by atoms with E-state index >= 15 is 0 Å². The molecule has 0 heterocycles. The number of likely N-dealkylation sites (N-methyl/N-ethyl adjacent to an activating group) is 1. The average molecular weight is 238 g/mol. The van der Waals surface area contributed by atoms with E-state index in [4.69, 9.17) is 15.6 Å². The van der Waals surface area contributed by atoms with E-state index in [1.165, 1.54) is 0 Å². The van der Waals surface area contributed by atoms with Gasteiger partial charge in [-0.3, -0.25) is 4.79 Å². The predicted molar refractivity (Wildman–Crippen MR) is 65.0 cm³/mol. The van der Waals surface area contributed by atoms with Crippen molar-refractivity contribution in [3.63, 3.8) is 0 Å². The van der Waals surface area contributed by atoms with Crippen LogP contribution >= 0.6 is 0 Å². The van der Waals surface area contributed by atoms with E-state index < -0.39 is 18.1 Å². The van der Waals surface area contributed by atoms with Crippen LogP contribution in [-0.2, 0) is 4.79 Å². The minimum atomic E-state index is -1.03. The number of carboxylic acids is 1. The van der Waals surface area contributed by atoms with E-state index in [-0.39, 0.29) is 0 Å². The molecule has 0 aliphatic heterocycles. The molecule has 0 amide bonds. The monoisotopic (exact) mass is 238 g/mol. The lowest BCUT2D eigenvalue weighted by atomic mass is 10.00. The second-order valence-electron chi connectivity index (χ2n) is 3.63. The highest BCUT2D eigenvalue weighted by Gasteiger charge is 2.24. The number of nitrogens with two attached hydrogens (primary N) is 1. The molecule has 2 unspecified atom stereocenters. The first-order valence-corrected chi connectivity index (χ1v) is 5.48. The number of nitrogens with one attached hydrogen (secondary N) is 1. The van der Waals surface area contributed by atoms with Crippen molar-refractivity contribution in [3.8, 4) is 5.75 Å². The van der Waals surface area contributed by atoms with Gasteiger partial charge in [0.2, 0.25) is 0 Å². The number of hydrogen-bond acceptors (Lipinski definition) is 4. The number of carboxylic acid groups (broad SMARTS) is 1. The molecule has 0 saturated carbocycles.